The minimum absolute atomic E-state index is 0.357. The standard InChI is InChI=1S/C18H30N2/c1-12-9-14(3)16(5)20(11-12)18(10-19)17-8-6-7-13(2)15(17)4/h6-8,12,14,16,18H,9-11,19H2,1-5H3. The Balaban J connectivity index is 2.33. The molecular formula is C18H30N2. The van der Waals surface area contributed by atoms with E-state index in [0.717, 1.165) is 11.8 Å². The second-order valence-electron chi connectivity index (χ2n) is 6.80. The second kappa shape index (κ2) is 6.28. The largest absolute Gasteiger partial charge is 0.329 e. The topological polar surface area (TPSA) is 29.3 Å². The summed E-state index contributed by atoms with van der Waals surface area (Å²) in [4.78, 5) is 2.64. The van der Waals surface area contributed by atoms with Gasteiger partial charge in [-0.25, -0.2) is 0 Å². The van der Waals surface area contributed by atoms with Crippen molar-refractivity contribution in [2.75, 3.05) is 13.1 Å². The van der Waals surface area contributed by atoms with Gasteiger partial charge in [0, 0.05) is 25.2 Å². The van der Waals surface area contributed by atoms with Gasteiger partial charge in [-0.3, -0.25) is 4.90 Å². The van der Waals surface area contributed by atoms with Crippen LogP contribution >= 0.6 is 0 Å². The molecule has 0 radical (unpaired) electrons. The molecule has 1 aliphatic rings. The van der Waals surface area contributed by atoms with Crippen LogP contribution in [-0.4, -0.2) is 24.0 Å². The van der Waals surface area contributed by atoms with Gasteiger partial charge in [-0.1, -0.05) is 32.0 Å². The maximum absolute atomic E-state index is 6.17. The number of piperidine rings is 1. The molecule has 20 heavy (non-hydrogen) atoms. The molecule has 2 rings (SSSR count). The zero-order chi connectivity index (χ0) is 14.9. The Morgan fingerprint density at radius 2 is 1.95 bits per heavy atom. The highest BCUT2D eigenvalue weighted by Gasteiger charge is 2.33. The highest BCUT2D eigenvalue weighted by molar-refractivity contribution is 5.35. The SMILES string of the molecule is Cc1cccc(C(CN)N2CC(C)CC(C)C2C)c1C. The third-order valence-electron chi connectivity index (χ3n) is 5.27. The van der Waals surface area contributed by atoms with E-state index in [2.05, 4.69) is 57.7 Å². The molecule has 2 heteroatoms. The molecule has 4 unspecified atom stereocenters. The molecule has 4 atom stereocenters. The van der Waals surface area contributed by atoms with Gasteiger partial charge in [0.15, 0.2) is 0 Å². The van der Waals surface area contributed by atoms with E-state index < -0.39 is 0 Å². The van der Waals surface area contributed by atoms with Crippen molar-refractivity contribution in [2.45, 2.75) is 53.1 Å². The minimum atomic E-state index is 0.357. The Kier molecular flexibility index (Phi) is 4.87. The van der Waals surface area contributed by atoms with Crippen molar-refractivity contribution in [1.82, 2.24) is 4.90 Å². The summed E-state index contributed by atoms with van der Waals surface area (Å²) < 4.78 is 0. The van der Waals surface area contributed by atoms with E-state index in [1.54, 1.807) is 0 Å². The molecule has 2 N–H and O–H groups in total. The smallest absolute Gasteiger partial charge is 0.0476 e. The zero-order valence-electron chi connectivity index (χ0n) is 13.7. The molecule has 112 valence electrons. The van der Waals surface area contributed by atoms with Crippen LogP contribution in [0.15, 0.2) is 18.2 Å². The van der Waals surface area contributed by atoms with Crippen LogP contribution in [0, 0.1) is 25.7 Å². The second-order valence-corrected chi connectivity index (χ2v) is 6.80. The first-order valence-corrected chi connectivity index (χ1v) is 7.97. The van der Waals surface area contributed by atoms with Gasteiger partial charge < -0.3 is 5.73 Å². The lowest BCUT2D eigenvalue weighted by Crippen LogP contribution is -2.49. The van der Waals surface area contributed by atoms with Crippen molar-refractivity contribution in [2.24, 2.45) is 17.6 Å². The first kappa shape index (κ1) is 15.5. The van der Waals surface area contributed by atoms with Crippen molar-refractivity contribution in [3.05, 3.63) is 34.9 Å². The van der Waals surface area contributed by atoms with Gasteiger partial charge in [0.2, 0.25) is 0 Å². The average molecular weight is 274 g/mol. The van der Waals surface area contributed by atoms with Crippen LogP contribution in [-0.2, 0) is 0 Å². The lowest BCUT2D eigenvalue weighted by atomic mass is 9.83. The fraction of sp³-hybridized carbons (Fsp3) is 0.667. The molecule has 1 fully saturated rings. The number of benzene rings is 1. The minimum Gasteiger partial charge on any atom is -0.329 e. The van der Waals surface area contributed by atoms with Gasteiger partial charge in [-0.2, -0.15) is 0 Å². The zero-order valence-corrected chi connectivity index (χ0v) is 13.7. The third kappa shape index (κ3) is 2.91. The lowest BCUT2D eigenvalue weighted by Gasteiger charge is -2.45. The Labute approximate surface area is 124 Å². The van der Waals surface area contributed by atoms with Crippen LogP contribution in [0.4, 0.5) is 0 Å². The summed E-state index contributed by atoms with van der Waals surface area (Å²) in [6, 6.07) is 7.59. The normalized spacial score (nSPS) is 29.4. The highest BCUT2D eigenvalue weighted by Crippen LogP contribution is 2.34. The third-order valence-corrected chi connectivity index (χ3v) is 5.27. The number of hydrogen-bond donors (Lipinski definition) is 1. The van der Waals surface area contributed by atoms with Crippen LogP contribution < -0.4 is 5.73 Å². The van der Waals surface area contributed by atoms with Crippen molar-refractivity contribution in [3.63, 3.8) is 0 Å². The van der Waals surface area contributed by atoms with Crippen LogP contribution in [0.1, 0.15) is 49.9 Å². The molecule has 2 nitrogen and oxygen atoms in total. The predicted molar refractivity (Wildman–Crippen MR) is 86.8 cm³/mol. The number of rotatable bonds is 3. The maximum Gasteiger partial charge on any atom is 0.0476 e. The fourth-order valence-corrected chi connectivity index (χ4v) is 3.75. The van der Waals surface area contributed by atoms with E-state index in [9.17, 15) is 0 Å². The molecule has 1 aromatic carbocycles. The van der Waals surface area contributed by atoms with Gasteiger partial charge in [-0.05, 0) is 55.7 Å². The van der Waals surface area contributed by atoms with E-state index in [1.165, 1.54) is 29.7 Å². The first-order chi connectivity index (χ1) is 9.45. The number of nitrogens with zero attached hydrogens (tertiary/aromatic N) is 1. The van der Waals surface area contributed by atoms with E-state index in [1.807, 2.05) is 0 Å². The summed E-state index contributed by atoms with van der Waals surface area (Å²) in [5, 5.41) is 0. The molecule has 1 aliphatic heterocycles. The predicted octanol–water partition coefficient (Wildman–Crippen LogP) is 3.67. The van der Waals surface area contributed by atoms with E-state index in [-0.39, 0.29) is 0 Å². The van der Waals surface area contributed by atoms with Gasteiger partial charge in [0.1, 0.15) is 0 Å². The quantitative estimate of drug-likeness (QED) is 0.911. The van der Waals surface area contributed by atoms with Crippen LogP contribution in [0.5, 0.6) is 0 Å². The highest BCUT2D eigenvalue weighted by atomic mass is 15.2. The first-order valence-electron chi connectivity index (χ1n) is 7.97. The monoisotopic (exact) mass is 274 g/mol. The molecule has 0 spiro atoms. The van der Waals surface area contributed by atoms with Crippen molar-refractivity contribution < 1.29 is 0 Å². The van der Waals surface area contributed by atoms with Crippen LogP contribution in [0.25, 0.3) is 0 Å². The molecule has 1 aromatic rings. The summed E-state index contributed by atoms with van der Waals surface area (Å²) in [7, 11) is 0. The average Bonchev–Trinajstić information content (AvgIpc) is 2.40. The molecule has 0 amide bonds. The number of aryl methyl sites for hydroxylation is 1. The molecule has 0 bridgehead atoms. The Morgan fingerprint density at radius 1 is 1.25 bits per heavy atom. The van der Waals surface area contributed by atoms with E-state index in [4.69, 9.17) is 5.73 Å². The molecule has 0 aromatic heterocycles. The number of likely N-dealkylation sites (tertiary alicyclic amines) is 1. The molecular weight excluding hydrogens is 244 g/mol. The van der Waals surface area contributed by atoms with E-state index in [0.29, 0.717) is 18.6 Å². The van der Waals surface area contributed by atoms with Gasteiger partial charge in [0.25, 0.3) is 0 Å². The van der Waals surface area contributed by atoms with E-state index >= 15 is 0 Å². The Morgan fingerprint density at radius 3 is 2.60 bits per heavy atom. The maximum atomic E-state index is 6.17. The van der Waals surface area contributed by atoms with Gasteiger partial charge >= 0.3 is 0 Å². The van der Waals surface area contributed by atoms with Crippen LogP contribution in [0.2, 0.25) is 0 Å². The summed E-state index contributed by atoms with van der Waals surface area (Å²) in [5.74, 6) is 1.51. The fourth-order valence-electron chi connectivity index (χ4n) is 3.75. The molecule has 0 saturated carbocycles. The van der Waals surface area contributed by atoms with Crippen molar-refractivity contribution in [3.8, 4) is 0 Å². The summed E-state index contributed by atoms with van der Waals surface area (Å²) in [6.45, 7) is 13.4. The Bertz CT molecular complexity index is 455. The summed E-state index contributed by atoms with van der Waals surface area (Å²) in [6.07, 6.45) is 1.34. The molecule has 1 saturated heterocycles. The van der Waals surface area contributed by atoms with Crippen molar-refractivity contribution >= 4 is 0 Å². The van der Waals surface area contributed by atoms with Gasteiger partial charge in [0.05, 0.1) is 0 Å². The van der Waals surface area contributed by atoms with Crippen molar-refractivity contribution in [1.29, 1.82) is 0 Å². The Hall–Kier alpha value is -0.860. The lowest BCUT2D eigenvalue weighted by molar-refractivity contribution is 0.0422. The summed E-state index contributed by atoms with van der Waals surface area (Å²) in [5.41, 5.74) is 10.4. The van der Waals surface area contributed by atoms with Gasteiger partial charge in [-0.15, -0.1) is 0 Å². The molecule has 0 aliphatic carbocycles. The molecule has 1 heterocycles. The number of hydrogen-bond acceptors (Lipinski definition) is 2. The number of nitrogens with two attached hydrogens (primary N) is 1. The summed E-state index contributed by atoms with van der Waals surface area (Å²) >= 11 is 0. The van der Waals surface area contributed by atoms with Crippen LogP contribution in [0.3, 0.4) is 0 Å².